The van der Waals surface area contributed by atoms with Gasteiger partial charge in [-0.1, -0.05) is 40.5 Å². The zero-order chi connectivity index (χ0) is 23.4. The summed E-state index contributed by atoms with van der Waals surface area (Å²) >= 11 is 0. The predicted octanol–water partition coefficient (Wildman–Crippen LogP) is 7.75. The van der Waals surface area contributed by atoms with Crippen LogP contribution in [0.4, 0.5) is 0 Å². The second-order valence-corrected chi connectivity index (χ2v) is 13.9. The van der Waals surface area contributed by atoms with Crippen LogP contribution in [0.2, 0.25) is 0 Å². The van der Waals surface area contributed by atoms with Crippen LogP contribution in [0.15, 0.2) is 0 Å². The van der Waals surface area contributed by atoms with Gasteiger partial charge in [0, 0.05) is 0 Å². The van der Waals surface area contributed by atoms with E-state index in [0.717, 1.165) is 67.6 Å². The van der Waals surface area contributed by atoms with Gasteiger partial charge in [0.25, 0.3) is 0 Å². The smallest absolute Gasteiger partial charge is 0.0648 e. The lowest BCUT2D eigenvalue weighted by atomic mass is 9.42. The first-order chi connectivity index (χ1) is 15.0. The molecule has 0 heterocycles. The highest BCUT2D eigenvalue weighted by Gasteiger charge is 2.62. The van der Waals surface area contributed by atoms with Crippen LogP contribution in [0.5, 0.6) is 0 Å². The molecule has 32 heavy (non-hydrogen) atoms. The van der Waals surface area contributed by atoms with Gasteiger partial charge in [-0.3, -0.25) is 0 Å². The first-order valence-electron chi connectivity index (χ1n) is 14.4. The Bertz CT molecular complexity index is 652. The maximum atomic E-state index is 11.1. The quantitative estimate of drug-likeness (QED) is 0.419. The van der Waals surface area contributed by atoms with Gasteiger partial charge in [-0.15, -0.1) is 0 Å². The molecular weight excluding hydrogens is 392 g/mol. The van der Waals surface area contributed by atoms with Crippen molar-refractivity contribution in [2.75, 3.05) is 0 Å². The van der Waals surface area contributed by atoms with Crippen LogP contribution in [-0.4, -0.2) is 21.4 Å². The number of fused-ring (bicyclic) bond motifs is 5. The number of hydrogen-bond acceptors (Lipinski definition) is 2. The molecule has 2 N–H and O–H groups in total. The molecule has 0 spiro atoms. The lowest BCUT2D eigenvalue weighted by Gasteiger charge is -2.63. The Balaban J connectivity index is 1.48. The highest BCUT2D eigenvalue weighted by molar-refractivity contribution is 5.11. The van der Waals surface area contributed by atoms with Crippen molar-refractivity contribution >= 4 is 0 Å². The zero-order valence-electron chi connectivity index (χ0n) is 22.3. The molecule has 4 fully saturated rings. The van der Waals surface area contributed by atoms with E-state index in [0.29, 0.717) is 10.8 Å². The fourth-order valence-electron chi connectivity index (χ4n) is 10.2. The molecule has 2 heteroatoms. The third-order valence-corrected chi connectivity index (χ3v) is 12.0. The summed E-state index contributed by atoms with van der Waals surface area (Å²) in [5.41, 5.74) is 0.158. The first kappa shape index (κ1) is 25.0. The van der Waals surface area contributed by atoms with E-state index in [4.69, 9.17) is 0 Å². The summed E-state index contributed by atoms with van der Waals surface area (Å²) < 4.78 is 0. The van der Waals surface area contributed by atoms with Gasteiger partial charge in [0.2, 0.25) is 0 Å². The monoisotopic (exact) mass is 446 g/mol. The molecule has 4 aliphatic rings. The van der Waals surface area contributed by atoms with Crippen LogP contribution in [0.25, 0.3) is 0 Å². The molecule has 4 rings (SSSR count). The van der Waals surface area contributed by atoms with E-state index in [2.05, 4.69) is 27.7 Å². The Morgan fingerprint density at radius 1 is 0.938 bits per heavy atom. The average Bonchev–Trinajstić information content (AvgIpc) is 3.09. The molecule has 0 aromatic rings. The zero-order valence-corrected chi connectivity index (χ0v) is 22.3. The Hall–Kier alpha value is -0.0800. The van der Waals surface area contributed by atoms with Gasteiger partial charge in [0.05, 0.1) is 11.2 Å². The van der Waals surface area contributed by atoms with Crippen LogP contribution in [-0.2, 0) is 0 Å². The molecular formula is C30H54O2. The van der Waals surface area contributed by atoms with Gasteiger partial charge in [-0.2, -0.15) is 0 Å². The Morgan fingerprint density at radius 3 is 2.34 bits per heavy atom. The van der Waals surface area contributed by atoms with E-state index in [1.807, 2.05) is 13.8 Å². The van der Waals surface area contributed by atoms with Gasteiger partial charge in [-0.25, -0.2) is 0 Å². The highest BCUT2D eigenvalue weighted by Crippen LogP contribution is 2.69. The first-order valence-corrected chi connectivity index (χ1v) is 14.4. The lowest BCUT2D eigenvalue weighted by Crippen LogP contribution is -2.57. The summed E-state index contributed by atoms with van der Waals surface area (Å²) in [6.07, 6.45) is 17.6. The largest absolute Gasteiger partial charge is 0.390 e. The van der Waals surface area contributed by atoms with Crippen molar-refractivity contribution in [3.05, 3.63) is 0 Å². The predicted molar refractivity (Wildman–Crippen MR) is 134 cm³/mol. The molecule has 0 aliphatic heterocycles. The molecule has 4 saturated carbocycles. The number of aliphatic hydroxyl groups is 2. The van der Waals surface area contributed by atoms with Crippen LogP contribution >= 0.6 is 0 Å². The molecule has 186 valence electrons. The van der Waals surface area contributed by atoms with E-state index < -0.39 is 5.60 Å². The van der Waals surface area contributed by atoms with E-state index in [1.165, 1.54) is 57.8 Å². The Kier molecular flexibility index (Phi) is 6.92. The molecule has 0 saturated heterocycles. The summed E-state index contributed by atoms with van der Waals surface area (Å²) in [5, 5.41) is 21.3. The van der Waals surface area contributed by atoms with Crippen molar-refractivity contribution in [3.8, 4) is 0 Å². The standard InChI is InChI=1S/C30H54O2/c1-7-29(32)18-19-30(8-2)22(20-29)11-12-23-25-14-13-24(28(25,6)17-15-26(23)30)21(3)10-9-16-27(4,5)31/h21-26,31-32H,7-20H2,1-6H3/t21-,22+,23+,24-,25+,26+,28-,29+,30+/m1/s1. The summed E-state index contributed by atoms with van der Waals surface area (Å²) in [6, 6.07) is 0. The second-order valence-electron chi connectivity index (χ2n) is 13.9. The van der Waals surface area contributed by atoms with Crippen LogP contribution in [0, 0.1) is 46.3 Å². The minimum absolute atomic E-state index is 0.379. The minimum Gasteiger partial charge on any atom is -0.390 e. The molecule has 0 aromatic carbocycles. The second kappa shape index (κ2) is 8.85. The normalized spacial score (nSPS) is 47.4. The Morgan fingerprint density at radius 2 is 1.69 bits per heavy atom. The maximum absolute atomic E-state index is 11.1. The lowest BCUT2D eigenvalue weighted by molar-refractivity contribution is -0.161. The van der Waals surface area contributed by atoms with Gasteiger partial charge >= 0.3 is 0 Å². The minimum atomic E-state index is -0.517. The van der Waals surface area contributed by atoms with Crippen LogP contribution in [0.3, 0.4) is 0 Å². The molecule has 0 bridgehead atoms. The van der Waals surface area contributed by atoms with Crippen molar-refractivity contribution in [1.29, 1.82) is 0 Å². The molecule has 0 amide bonds. The topological polar surface area (TPSA) is 40.5 Å². The third-order valence-electron chi connectivity index (χ3n) is 12.0. The van der Waals surface area contributed by atoms with Crippen molar-refractivity contribution in [1.82, 2.24) is 0 Å². The van der Waals surface area contributed by atoms with Crippen molar-refractivity contribution in [3.63, 3.8) is 0 Å². The van der Waals surface area contributed by atoms with Crippen molar-refractivity contribution in [2.24, 2.45) is 46.3 Å². The molecule has 4 aliphatic carbocycles. The summed E-state index contributed by atoms with van der Waals surface area (Å²) in [4.78, 5) is 0. The van der Waals surface area contributed by atoms with Crippen LogP contribution in [0.1, 0.15) is 131 Å². The van der Waals surface area contributed by atoms with Gasteiger partial charge in [-0.05, 0) is 137 Å². The molecule has 9 atom stereocenters. The van der Waals surface area contributed by atoms with E-state index in [-0.39, 0.29) is 5.60 Å². The fraction of sp³-hybridized carbons (Fsp3) is 1.00. The van der Waals surface area contributed by atoms with E-state index >= 15 is 0 Å². The highest BCUT2D eigenvalue weighted by atomic mass is 16.3. The molecule has 0 radical (unpaired) electrons. The molecule has 0 aromatic heterocycles. The SMILES string of the molecule is CC[C@]1(O)CC[C@@]2(CC)[C@@H](CC[C@H]3[C@@H]4CC[C@H]([C@H](C)CCCC(C)(C)O)[C@@]4(C)CC[C@@H]32)C1. The molecule has 0 unspecified atom stereocenters. The van der Waals surface area contributed by atoms with Crippen molar-refractivity contribution in [2.45, 2.75) is 143 Å². The number of hydrogen-bond donors (Lipinski definition) is 2. The summed E-state index contributed by atoms with van der Waals surface area (Å²) in [7, 11) is 0. The summed E-state index contributed by atoms with van der Waals surface area (Å²) in [6.45, 7) is 13.8. The average molecular weight is 447 g/mol. The number of rotatable bonds is 7. The van der Waals surface area contributed by atoms with Gasteiger partial charge in [0.15, 0.2) is 0 Å². The van der Waals surface area contributed by atoms with Gasteiger partial charge < -0.3 is 10.2 Å². The molecule has 2 nitrogen and oxygen atoms in total. The van der Waals surface area contributed by atoms with Gasteiger partial charge in [0.1, 0.15) is 0 Å². The Labute approximate surface area is 199 Å². The third kappa shape index (κ3) is 4.23. The summed E-state index contributed by atoms with van der Waals surface area (Å²) in [5.74, 6) is 5.20. The fourth-order valence-corrected chi connectivity index (χ4v) is 10.2. The van der Waals surface area contributed by atoms with E-state index in [1.54, 1.807) is 0 Å². The van der Waals surface area contributed by atoms with Crippen molar-refractivity contribution < 1.29 is 10.2 Å². The van der Waals surface area contributed by atoms with Crippen LogP contribution < -0.4 is 0 Å². The maximum Gasteiger partial charge on any atom is 0.0648 e. The van der Waals surface area contributed by atoms with E-state index in [9.17, 15) is 10.2 Å².